The minimum absolute atomic E-state index is 0.149. The van der Waals surface area contributed by atoms with E-state index in [-0.39, 0.29) is 19.6 Å². The van der Waals surface area contributed by atoms with E-state index >= 15 is 0 Å². The molecule has 0 aromatic carbocycles. The Morgan fingerprint density at radius 1 is 1.12 bits per heavy atom. The van der Waals surface area contributed by atoms with Crippen molar-refractivity contribution in [1.29, 1.82) is 0 Å². The van der Waals surface area contributed by atoms with Crippen LogP contribution in [0.15, 0.2) is 0 Å². The van der Waals surface area contributed by atoms with Crippen LogP contribution < -0.4 is 0 Å². The van der Waals surface area contributed by atoms with Crippen LogP contribution in [0, 0.1) is 5.92 Å². The van der Waals surface area contributed by atoms with Crippen molar-refractivity contribution < 1.29 is 43.9 Å². The number of aliphatic hydroxyl groups excluding tert-OH is 2. The zero-order chi connectivity index (χ0) is 19.1. The lowest BCUT2D eigenvalue weighted by Crippen LogP contribution is -2.60. The topological polar surface area (TPSA) is 132 Å². The highest BCUT2D eigenvalue weighted by Crippen LogP contribution is 2.30. The van der Waals surface area contributed by atoms with Crippen LogP contribution in [-0.4, -0.2) is 77.8 Å². The van der Waals surface area contributed by atoms with E-state index in [9.17, 15) is 19.8 Å². The molecule has 3 N–H and O–H groups in total. The van der Waals surface area contributed by atoms with E-state index < -0.39 is 55.2 Å². The van der Waals surface area contributed by atoms with Crippen LogP contribution in [0.5, 0.6) is 0 Å². The first-order valence-electron chi connectivity index (χ1n) is 9.07. The van der Waals surface area contributed by atoms with Crippen LogP contribution in [0.1, 0.15) is 39.0 Å². The maximum atomic E-state index is 12.1. The van der Waals surface area contributed by atoms with E-state index in [4.69, 9.17) is 24.1 Å². The third-order valence-corrected chi connectivity index (χ3v) is 4.61. The fraction of sp³-hybridized carbons (Fsp3) is 0.882. The van der Waals surface area contributed by atoms with Crippen LogP contribution >= 0.6 is 0 Å². The van der Waals surface area contributed by atoms with Crippen molar-refractivity contribution in [3.63, 3.8) is 0 Å². The molecule has 2 rings (SSSR count). The van der Waals surface area contributed by atoms with E-state index in [1.54, 1.807) is 0 Å². The second-order valence-electron chi connectivity index (χ2n) is 6.65. The molecule has 0 amide bonds. The second kappa shape index (κ2) is 10.2. The Morgan fingerprint density at radius 2 is 1.81 bits per heavy atom. The largest absolute Gasteiger partial charge is 0.481 e. The first-order chi connectivity index (χ1) is 12.5. The molecular weight excluding hydrogens is 348 g/mol. The zero-order valence-corrected chi connectivity index (χ0v) is 14.9. The SMILES string of the molecule is CCCCCCC(=O)O[C@@H]1O[C@@H](CO)[C@@H](O)[C@H]2OC[C@H](C(=O)O)CO[C@@H]12. The summed E-state index contributed by atoms with van der Waals surface area (Å²) in [5.41, 5.74) is 0. The number of carboxylic acids is 1. The number of carbonyl (C=O) groups excluding carboxylic acids is 1. The van der Waals surface area contributed by atoms with Crippen molar-refractivity contribution >= 4 is 11.9 Å². The number of ether oxygens (including phenoxy) is 4. The minimum Gasteiger partial charge on any atom is -0.481 e. The van der Waals surface area contributed by atoms with E-state index in [1.807, 2.05) is 0 Å². The summed E-state index contributed by atoms with van der Waals surface area (Å²) >= 11 is 0. The molecule has 2 heterocycles. The number of aliphatic hydroxyl groups is 2. The molecule has 9 heteroatoms. The van der Waals surface area contributed by atoms with Crippen molar-refractivity contribution in [1.82, 2.24) is 0 Å². The number of rotatable bonds is 8. The van der Waals surface area contributed by atoms with Crippen molar-refractivity contribution in [2.45, 2.75) is 69.7 Å². The maximum Gasteiger partial charge on any atom is 0.311 e. The predicted octanol–water partition coefficient (Wildman–Crippen LogP) is 0.0629. The Hall–Kier alpha value is -1.26. The first-order valence-corrected chi connectivity index (χ1v) is 9.07. The molecule has 150 valence electrons. The van der Waals surface area contributed by atoms with Gasteiger partial charge in [-0.1, -0.05) is 26.2 Å². The molecule has 0 aromatic heterocycles. The number of hydrogen-bond donors (Lipinski definition) is 3. The van der Waals surface area contributed by atoms with Gasteiger partial charge in [-0.05, 0) is 6.42 Å². The molecule has 2 aliphatic heterocycles. The Bertz CT molecular complexity index is 469. The van der Waals surface area contributed by atoms with Crippen LogP contribution in [0.3, 0.4) is 0 Å². The van der Waals surface area contributed by atoms with Gasteiger partial charge in [-0.3, -0.25) is 9.59 Å². The normalized spacial score (nSPS) is 34.6. The van der Waals surface area contributed by atoms with E-state index in [0.29, 0.717) is 6.42 Å². The summed E-state index contributed by atoms with van der Waals surface area (Å²) in [5, 5.41) is 28.8. The zero-order valence-electron chi connectivity index (χ0n) is 14.9. The number of carboxylic acid groups (broad SMARTS) is 1. The quantitative estimate of drug-likeness (QED) is 0.397. The average molecular weight is 376 g/mol. The molecule has 0 radical (unpaired) electrons. The van der Waals surface area contributed by atoms with E-state index in [2.05, 4.69) is 6.92 Å². The van der Waals surface area contributed by atoms with Gasteiger partial charge in [-0.25, -0.2) is 0 Å². The van der Waals surface area contributed by atoms with Crippen molar-refractivity contribution in [2.75, 3.05) is 19.8 Å². The highest BCUT2D eigenvalue weighted by atomic mass is 16.7. The number of carbonyl (C=O) groups is 2. The number of esters is 1. The van der Waals surface area contributed by atoms with Gasteiger partial charge >= 0.3 is 11.9 Å². The minimum atomic E-state index is -1.22. The Balaban J connectivity index is 2.01. The molecule has 2 aliphatic rings. The molecule has 2 fully saturated rings. The molecule has 2 saturated heterocycles. The molecular formula is C17H28O9. The van der Waals surface area contributed by atoms with Gasteiger partial charge in [0, 0.05) is 6.42 Å². The van der Waals surface area contributed by atoms with Gasteiger partial charge in [-0.15, -0.1) is 0 Å². The van der Waals surface area contributed by atoms with Crippen molar-refractivity contribution in [2.24, 2.45) is 5.92 Å². The van der Waals surface area contributed by atoms with Gasteiger partial charge in [0.15, 0.2) is 0 Å². The third-order valence-electron chi connectivity index (χ3n) is 4.61. The van der Waals surface area contributed by atoms with Crippen LogP contribution in [-0.2, 0) is 28.5 Å². The fourth-order valence-electron chi connectivity index (χ4n) is 3.03. The smallest absolute Gasteiger partial charge is 0.311 e. The molecule has 0 unspecified atom stereocenters. The molecule has 6 atom stereocenters. The van der Waals surface area contributed by atoms with Gasteiger partial charge in [0.2, 0.25) is 6.29 Å². The number of hydrogen-bond acceptors (Lipinski definition) is 8. The molecule has 0 spiro atoms. The van der Waals surface area contributed by atoms with Crippen LogP contribution in [0.2, 0.25) is 0 Å². The maximum absolute atomic E-state index is 12.1. The molecule has 0 aromatic rings. The second-order valence-corrected chi connectivity index (χ2v) is 6.65. The average Bonchev–Trinajstić information content (AvgIpc) is 2.85. The Labute approximate surface area is 152 Å². The summed E-state index contributed by atoms with van der Waals surface area (Å²) in [5.74, 6) is -2.45. The van der Waals surface area contributed by atoms with E-state index in [1.165, 1.54) is 0 Å². The molecule has 0 saturated carbocycles. The van der Waals surface area contributed by atoms with Crippen molar-refractivity contribution in [3.05, 3.63) is 0 Å². The summed E-state index contributed by atoms with van der Waals surface area (Å²) in [6.45, 7) is 1.27. The predicted molar refractivity (Wildman–Crippen MR) is 87.2 cm³/mol. The molecule has 9 nitrogen and oxygen atoms in total. The highest BCUT2D eigenvalue weighted by molar-refractivity contribution is 5.70. The summed E-state index contributed by atoms with van der Waals surface area (Å²) in [6, 6.07) is 0. The first kappa shape index (κ1) is 21.0. The standard InChI is InChI=1S/C17H28O9/c1-2-3-4-5-6-12(19)26-17-15-14(13(20)11(7-18)25-17)23-8-10(9-24-15)16(21)22/h10-11,13-15,17-18,20H,2-9H2,1H3,(H,21,22)/t10-,11-,13+,14+,15+,17-/m0/s1. The van der Waals surface area contributed by atoms with Gasteiger partial charge in [0.25, 0.3) is 0 Å². The summed E-state index contributed by atoms with van der Waals surface area (Å²) in [6.07, 6.45) is -1.41. The molecule has 0 bridgehead atoms. The number of fused-ring (bicyclic) bond motifs is 1. The Morgan fingerprint density at radius 3 is 2.42 bits per heavy atom. The summed E-state index contributed by atoms with van der Waals surface area (Å²) in [4.78, 5) is 23.2. The van der Waals surface area contributed by atoms with Gasteiger partial charge in [-0.2, -0.15) is 0 Å². The van der Waals surface area contributed by atoms with Crippen LogP contribution in [0.25, 0.3) is 0 Å². The lowest BCUT2D eigenvalue weighted by Gasteiger charge is -2.42. The van der Waals surface area contributed by atoms with Crippen LogP contribution in [0.4, 0.5) is 0 Å². The van der Waals surface area contributed by atoms with Gasteiger partial charge in [0.1, 0.15) is 30.3 Å². The highest BCUT2D eigenvalue weighted by Gasteiger charge is 2.50. The third kappa shape index (κ3) is 5.37. The lowest BCUT2D eigenvalue weighted by molar-refractivity contribution is -0.301. The van der Waals surface area contributed by atoms with Gasteiger partial charge in [0.05, 0.1) is 19.8 Å². The van der Waals surface area contributed by atoms with Gasteiger partial charge < -0.3 is 34.3 Å². The lowest BCUT2D eigenvalue weighted by atomic mass is 9.99. The molecule has 26 heavy (non-hydrogen) atoms. The van der Waals surface area contributed by atoms with E-state index in [0.717, 1.165) is 19.3 Å². The number of aliphatic carboxylic acids is 1. The molecule has 0 aliphatic carbocycles. The fourth-order valence-corrected chi connectivity index (χ4v) is 3.03. The summed E-state index contributed by atoms with van der Waals surface area (Å²) in [7, 11) is 0. The van der Waals surface area contributed by atoms with Crippen molar-refractivity contribution in [3.8, 4) is 0 Å². The summed E-state index contributed by atoms with van der Waals surface area (Å²) < 4.78 is 21.9. The Kier molecular flexibility index (Phi) is 8.23. The number of unbranched alkanes of at least 4 members (excludes halogenated alkanes) is 3. The monoisotopic (exact) mass is 376 g/mol.